The smallest absolute Gasteiger partial charge is 0.276 e. The molecule has 0 heterocycles. The summed E-state index contributed by atoms with van der Waals surface area (Å²) in [6, 6.07) is 0. The van der Waals surface area contributed by atoms with Crippen molar-refractivity contribution in [1.29, 1.82) is 0 Å². The molecule has 0 saturated heterocycles. The molecular formula is CHO3S. The van der Waals surface area contributed by atoms with Gasteiger partial charge in [-0.25, -0.2) is 0 Å². The summed E-state index contributed by atoms with van der Waals surface area (Å²) in [6.07, 6.45) is 5.47. The summed E-state index contributed by atoms with van der Waals surface area (Å²) < 4.78 is 24.9. The van der Waals surface area contributed by atoms with Crippen molar-refractivity contribution < 1.29 is 13.0 Å². The van der Waals surface area contributed by atoms with Gasteiger partial charge in [-0.05, 0) is 0 Å². The van der Waals surface area contributed by atoms with Gasteiger partial charge in [0.05, 0.1) is 0 Å². The van der Waals surface area contributed by atoms with Crippen LogP contribution in [-0.4, -0.2) is 13.0 Å². The Morgan fingerprint density at radius 2 is 1.60 bits per heavy atom. The number of rotatable bonds is 0. The fraction of sp³-hybridized carbons (Fsp3) is 0. The van der Waals surface area contributed by atoms with Crippen molar-refractivity contribution in [2.75, 3.05) is 0 Å². The summed E-state index contributed by atoms with van der Waals surface area (Å²) in [5, 5.41) is 0. The molecule has 0 unspecified atom stereocenters. The number of hydrogen-bond acceptors (Lipinski definition) is 2. The molecule has 0 bridgehead atoms. The second kappa shape index (κ2) is 0.948. The van der Waals surface area contributed by atoms with Crippen LogP contribution in [0.5, 0.6) is 0 Å². The summed E-state index contributed by atoms with van der Waals surface area (Å²) in [4.78, 5) is 0. The Hall–Kier alpha value is -0.0900. The van der Waals surface area contributed by atoms with Crippen molar-refractivity contribution in [2.45, 2.75) is 0 Å². The first-order valence-electron chi connectivity index (χ1n) is 0.720. The quantitative estimate of drug-likeness (QED) is 0.407. The second-order valence-electron chi connectivity index (χ2n) is 0.475. The Morgan fingerprint density at radius 3 is 1.60 bits per heavy atom. The lowest BCUT2D eigenvalue weighted by molar-refractivity contribution is 0.494. The minimum Gasteiger partial charge on any atom is -0.285 e. The molecule has 1 N–H and O–H groups in total. The van der Waals surface area contributed by atoms with Crippen LogP contribution in [-0.2, 0) is 10.1 Å². The van der Waals surface area contributed by atoms with Crippen LogP contribution in [0.4, 0.5) is 0 Å². The van der Waals surface area contributed by atoms with Crippen molar-refractivity contribution in [1.82, 2.24) is 0 Å². The van der Waals surface area contributed by atoms with E-state index in [4.69, 9.17) is 19.2 Å². The highest BCUT2D eigenvalue weighted by atomic mass is 32.2. The van der Waals surface area contributed by atoms with E-state index in [1.165, 1.54) is 0 Å². The van der Waals surface area contributed by atoms with E-state index >= 15 is 0 Å². The minimum absolute atomic E-state index is 4.42. The number of hydrogen-bond donors (Lipinski definition) is 1. The Morgan fingerprint density at radius 1 is 1.60 bits per heavy atom. The third kappa shape index (κ3) is 1760. The maximum Gasteiger partial charge on any atom is 0.276 e. The van der Waals surface area contributed by atoms with Crippen LogP contribution in [0.15, 0.2) is 0 Å². The van der Waals surface area contributed by atoms with Gasteiger partial charge in [0.2, 0.25) is 0 Å². The molecule has 4 heteroatoms. The van der Waals surface area contributed by atoms with E-state index in [0.29, 0.717) is 0 Å². The predicted molar refractivity (Wildman–Crippen MR) is 14.8 cm³/mol. The summed E-state index contributed by atoms with van der Waals surface area (Å²) >= 11 is 0. The lowest BCUT2D eigenvalue weighted by Crippen LogP contribution is -1.83. The topological polar surface area (TPSA) is 54.4 Å². The Balaban J connectivity index is 4.06. The van der Waals surface area contributed by atoms with Crippen LogP contribution in [0.3, 0.4) is 0 Å². The van der Waals surface area contributed by atoms with Crippen LogP contribution in [0, 0.1) is 6.26 Å². The van der Waals surface area contributed by atoms with Crippen LogP contribution in [0.1, 0.15) is 0 Å². The van der Waals surface area contributed by atoms with E-state index in [9.17, 15) is 0 Å². The highest BCUT2D eigenvalue weighted by Crippen LogP contribution is 1.65. The first-order chi connectivity index (χ1) is 2.00. The molecule has 0 atom stereocenters. The molecule has 0 amide bonds. The average Bonchev–Trinajstić information content (AvgIpc) is 0.722. The van der Waals surface area contributed by atoms with E-state index in [0.717, 1.165) is 0 Å². The third-order valence-corrected chi connectivity index (χ3v) is 0. The zero-order chi connectivity index (χ0) is 4.50. The minimum atomic E-state index is -4.42. The average molecular weight is 93.1 g/mol. The van der Waals surface area contributed by atoms with Gasteiger partial charge in [0.1, 0.15) is 0 Å². The summed E-state index contributed by atoms with van der Waals surface area (Å²) in [7, 11) is -4.42. The molecule has 0 aromatic carbocycles. The van der Waals surface area contributed by atoms with E-state index in [1.54, 1.807) is 0 Å². The van der Waals surface area contributed by atoms with Gasteiger partial charge in [-0.15, -0.1) is 0 Å². The molecule has 0 rings (SSSR count). The molecule has 3 radical (unpaired) electrons. The lowest BCUT2D eigenvalue weighted by Gasteiger charge is -1.67. The molecule has 5 heavy (non-hydrogen) atoms. The molecule has 0 saturated carbocycles. The zero-order valence-corrected chi connectivity index (χ0v) is 2.99. The maximum absolute atomic E-state index is 8.85. The first-order valence-corrected chi connectivity index (χ1v) is 2.16. The van der Waals surface area contributed by atoms with E-state index in [2.05, 4.69) is 0 Å². The third-order valence-electron chi connectivity index (χ3n) is 0. The lowest BCUT2D eigenvalue weighted by atomic mass is 12.0. The Bertz CT molecular complexity index is 90.1. The predicted octanol–water partition coefficient (Wildman–Crippen LogP) is -0.580. The highest BCUT2D eigenvalue weighted by molar-refractivity contribution is 7.86. The molecule has 0 aliphatic heterocycles. The second-order valence-corrected chi connectivity index (χ2v) is 1.43. The standard InChI is InChI=1S/CHO3S/c1-5(2,3)4/h(H,2,3,4). The van der Waals surface area contributed by atoms with Crippen LogP contribution in [0.2, 0.25) is 0 Å². The fourth-order valence-electron chi connectivity index (χ4n) is 0. The summed E-state index contributed by atoms with van der Waals surface area (Å²) in [5.41, 5.74) is 0. The summed E-state index contributed by atoms with van der Waals surface area (Å²) in [6.45, 7) is 0. The van der Waals surface area contributed by atoms with Crippen molar-refractivity contribution in [3.8, 4) is 0 Å². The maximum atomic E-state index is 8.85. The normalized spacial score (nSPS) is 11.6. The Kier molecular flexibility index (Phi) is 0.931. The van der Waals surface area contributed by atoms with Gasteiger partial charge in [0.15, 0.2) is 6.26 Å². The zero-order valence-electron chi connectivity index (χ0n) is 2.17. The summed E-state index contributed by atoms with van der Waals surface area (Å²) in [5.74, 6) is 0. The molecule has 29 valence electrons. The molecule has 0 aromatic rings. The van der Waals surface area contributed by atoms with Crippen LogP contribution in [0.25, 0.3) is 0 Å². The molecule has 0 aliphatic rings. The van der Waals surface area contributed by atoms with Crippen LogP contribution >= 0.6 is 0 Å². The highest BCUT2D eigenvalue weighted by Gasteiger charge is 1.84. The van der Waals surface area contributed by atoms with Crippen molar-refractivity contribution in [2.24, 2.45) is 0 Å². The Labute approximate surface area is 30.4 Å². The van der Waals surface area contributed by atoms with Gasteiger partial charge in [-0.3, -0.25) is 4.55 Å². The molecule has 0 fully saturated rings. The first kappa shape index (κ1) is 4.91. The van der Waals surface area contributed by atoms with Gasteiger partial charge >= 0.3 is 0 Å². The van der Waals surface area contributed by atoms with E-state index in [1.807, 2.05) is 0 Å². The molecule has 0 aromatic heterocycles. The van der Waals surface area contributed by atoms with Gasteiger partial charge in [-0.1, -0.05) is 0 Å². The molecular weight excluding hydrogens is 92.1 g/mol. The monoisotopic (exact) mass is 93.0 g/mol. The van der Waals surface area contributed by atoms with E-state index in [-0.39, 0.29) is 0 Å². The largest absolute Gasteiger partial charge is 0.285 e. The SMILES string of the molecule is [C]S(=O)(=O)O. The molecule has 0 aliphatic carbocycles. The van der Waals surface area contributed by atoms with Gasteiger partial charge < -0.3 is 0 Å². The van der Waals surface area contributed by atoms with Crippen LogP contribution < -0.4 is 0 Å². The van der Waals surface area contributed by atoms with Gasteiger partial charge in [-0.2, -0.15) is 8.42 Å². The van der Waals surface area contributed by atoms with Gasteiger partial charge in [0.25, 0.3) is 10.1 Å². The van der Waals surface area contributed by atoms with Gasteiger partial charge in [0, 0.05) is 0 Å². The van der Waals surface area contributed by atoms with Crippen molar-refractivity contribution in [3.05, 3.63) is 6.26 Å². The fourth-order valence-corrected chi connectivity index (χ4v) is 0. The molecule has 3 nitrogen and oxygen atoms in total. The van der Waals surface area contributed by atoms with Crippen molar-refractivity contribution >= 4 is 10.1 Å². The van der Waals surface area contributed by atoms with Crippen molar-refractivity contribution in [3.63, 3.8) is 0 Å². The van der Waals surface area contributed by atoms with E-state index < -0.39 is 10.1 Å². The molecule has 0 spiro atoms.